The van der Waals surface area contributed by atoms with Crippen molar-refractivity contribution in [2.75, 3.05) is 23.9 Å². The molecule has 1 saturated heterocycles. The van der Waals surface area contributed by atoms with Gasteiger partial charge in [-0.15, -0.1) is 11.3 Å². The number of piperidine rings is 1. The lowest BCUT2D eigenvalue weighted by molar-refractivity contribution is 0.0602. The van der Waals surface area contributed by atoms with Gasteiger partial charge in [-0.25, -0.2) is 14.8 Å². The summed E-state index contributed by atoms with van der Waals surface area (Å²) in [4.78, 5) is 38.3. The number of carbonyl (C=O) groups excluding carboxylic acids is 2. The maximum atomic E-state index is 13.2. The SMILES string of the molecule is COC(=O)c1ccccc1NC(=O)c1sc2nc(C)nc(N3CCCCC3C)c2c1C. The lowest BCUT2D eigenvalue weighted by Crippen LogP contribution is -2.38. The topological polar surface area (TPSA) is 84.4 Å². The molecule has 3 heterocycles. The number of fused-ring (bicyclic) bond motifs is 1. The lowest BCUT2D eigenvalue weighted by atomic mass is 10.0. The van der Waals surface area contributed by atoms with Crippen LogP contribution >= 0.6 is 11.3 Å². The van der Waals surface area contributed by atoms with E-state index in [1.807, 2.05) is 13.8 Å². The fourth-order valence-corrected chi connectivity index (χ4v) is 5.23. The molecule has 4 rings (SSSR count). The molecule has 31 heavy (non-hydrogen) atoms. The van der Waals surface area contributed by atoms with E-state index in [2.05, 4.69) is 22.1 Å². The van der Waals surface area contributed by atoms with Crippen molar-refractivity contribution in [1.82, 2.24) is 9.97 Å². The Hall–Kier alpha value is -3.00. The summed E-state index contributed by atoms with van der Waals surface area (Å²) in [7, 11) is 1.32. The van der Waals surface area contributed by atoms with Gasteiger partial charge in [0.15, 0.2) is 0 Å². The van der Waals surface area contributed by atoms with Gasteiger partial charge in [-0.3, -0.25) is 4.79 Å². The average Bonchev–Trinajstić information content (AvgIpc) is 3.09. The molecule has 1 aliphatic heterocycles. The van der Waals surface area contributed by atoms with E-state index in [0.717, 1.165) is 41.0 Å². The molecule has 0 saturated carbocycles. The van der Waals surface area contributed by atoms with E-state index in [9.17, 15) is 9.59 Å². The highest BCUT2D eigenvalue weighted by molar-refractivity contribution is 7.20. The molecule has 1 aromatic carbocycles. The van der Waals surface area contributed by atoms with Gasteiger partial charge in [0.25, 0.3) is 5.91 Å². The van der Waals surface area contributed by atoms with Crippen LogP contribution in [0.3, 0.4) is 0 Å². The number of aryl methyl sites for hydroxylation is 2. The molecule has 1 N–H and O–H groups in total. The Balaban J connectivity index is 1.74. The monoisotopic (exact) mass is 438 g/mol. The summed E-state index contributed by atoms with van der Waals surface area (Å²) in [6, 6.07) is 7.22. The van der Waals surface area contributed by atoms with Crippen molar-refractivity contribution in [3.8, 4) is 0 Å². The smallest absolute Gasteiger partial charge is 0.339 e. The molecule has 0 spiro atoms. The number of amides is 1. The van der Waals surface area contributed by atoms with Gasteiger partial charge < -0.3 is 15.0 Å². The second kappa shape index (κ2) is 8.63. The van der Waals surface area contributed by atoms with Crippen LogP contribution in [0.1, 0.15) is 57.6 Å². The number of hydrogen-bond donors (Lipinski definition) is 1. The van der Waals surface area contributed by atoms with Gasteiger partial charge in [0.2, 0.25) is 0 Å². The van der Waals surface area contributed by atoms with E-state index in [4.69, 9.17) is 9.72 Å². The van der Waals surface area contributed by atoms with E-state index in [1.165, 1.54) is 24.9 Å². The van der Waals surface area contributed by atoms with Crippen LogP contribution in [0.5, 0.6) is 0 Å². The van der Waals surface area contributed by atoms with Crippen LogP contribution in [-0.2, 0) is 4.74 Å². The predicted octanol–water partition coefficient (Wildman–Crippen LogP) is 4.73. The van der Waals surface area contributed by atoms with E-state index in [1.54, 1.807) is 24.3 Å². The van der Waals surface area contributed by atoms with Crippen molar-refractivity contribution in [2.45, 2.75) is 46.1 Å². The van der Waals surface area contributed by atoms with Gasteiger partial charge in [0.1, 0.15) is 16.5 Å². The number of benzene rings is 1. The molecule has 3 aromatic rings. The van der Waals surface area contributed by atoms with Crippen molar-refractivity contribution in [1.29, 1.82) is 0 Å². The Morgan fingerprint density at radius 3 is 2.71 bits per heavy atom. The number of carbonyl (C=O) groups is 2. The molecule has 162 valence electrons. The lowest BCUT2D eigenvalue weighted by Gasteiger charge is -2.35. The third-order valence-corrected chi connectivity index (χ3v) is 6.93. The first-order chi connectivity index (χ1) is 14.9. The number of para-hydroxylation sites is 1. The summed E-state index contributed by atoms with van der Waals surface area (Å²) in [6.45, 7) is 7.01. The first-order valence-electron chi connectivity index (χ1n) is 10.4. The number of ether oxygens (including phenoxy) is 1. The molecule has 8 heteroatoms. The van der Waals surface area contributed by atoms with Crippen LogP contribution in [0, 0.1) is 13.8 Å². The number of nitrogens with zero attached hydrogens (tertiary/aromatic N) is 3. The molecule has 1 unspecified atom stereocenters. The van der Waals surface area contributed by atoms with E-state index >= 15 is 0 Å². The molecule has 0 bridgehead atoms. The molecule has 7 nitrogen and oxygen atoms in total. The van der Waals surface area contributed by atoms with E-state index in [-0.39, 0.29) is 5.91 Å². The second-order valence-corrected chi connectivity index (χ2v) is 8.86. The maximum Gasteiger partial charge on any atom is 0.339 e. The average molecular weight is 439 g/mol. The zero-order valence-electron chi connectivity index (χ0n) is 18.2. The van der Waals surface area contributed by atoms with Crippen LogP contribution < -0.4 is 10.2 Å². The normalized spacial score (nSPS) is 16.4. The fraction of sp³-hybridized carbons (Fsp3) is 0.391. The van der Waals surface area contributed by atoms with Crippen molar-refractivity contribution in [2.24, 2.45) is 0 Å². The molecule has 2 aromatic heterocycles. The summed E-state index contributed by atoms with van der Waals surface area (Å²) >= 11 is 1.36. The van der Waals surface area contributed by atoms with Crippen LogP contribution in [0.25, 0.3) is 10.2 Å². The van der Waals surface area contributed by atoms with Gasteiger partial charge in [-0.1, -0.05) is 12.1 Å². The van der Waals surface area contributed by atoms with Crippen molar-refractivity contribution >= 4 is 44.9 Å². The molecule has 1 aliphatic rings. The van der Waals surface area contributed by atoms with E-state index in [0.29, 0.717) is 28.0 Å². The summed E-state index contributed by atoms with van der Waals surface area (Å²) in [5.74, 6) is 0.848. The minimum absolute atomic E-state index is 0.271. The number of rotatable bonds is 4. The second-order valence-electron chi connectivity index (χ2n) is 7.86. The molecule has 1 atom stereocenters. The molecule has 0 aliphatic carbocycles. The number of esters is 1. The van der Waals surface area contributed by atoms with Gasteiger partial charge in [0, 0.05) is 12.6 Å². The van der Waals surface area contributed by atoms with Crippen molar-refractivity contribution in [3.63, 3.8) is 0 Å². The third kappa shape index (κ3) is 3.99. The number of anilines is 2. The standard InChI is InChI=1S/C23H26N4O3S/c1-13-9-7-8-12-27(13)20-18-14(2)19(31-22(18)25-15(3)24-20)21(28)26-17-11-6-5-10-16(17)23(29)30-4/h5-6,10-11,13H,7-9,12H2,1-4H3,(H,26,28). The van der Waals surface area contributed by atoms with Gasteiger partial charge in [-0.05, 0) is 57.7 Å². The largest absolute Gasteiger partial charge is 0.465 e. The highest BCUT2D eigenvalue weighted by Crippen LogP contribution is 2.38. The van der Waals surface area contributed by atoms with Crippen molar-refractivity contribution in [3.05, 3.63) is 46.1 Å². The number of thiophene rings is 1. The van der Waals surface area contributed by atoms with Crippen molar-refractivity contribution < 1.29 is 14.3 Å². The zero-order chi connectivity index (χ0) is 22.1. The minimum atomic E-state index is -0.494. The summed E-state index contributed by atoms with van der Waals surface area (Å²) < 4.78 is 4.83. The maximum absolute atomic E-state index is 13.2. The Labute approximate surface area is 185 Å². The summed E-state index contributed by atoms with van der Waals surface area (Å²) in [5, 5.41) is 3.82. The molecular weight excluding hydrogens is 412 g/mol. The van der Waals surface area contributed by atoms with E-state index < -0.39 is 5.97 Å². The third-order valence-electron chi connectivity index (χ3n) is 5.74. The van der Waals surface area contributed by atoms with Gasteiger partial charge >= 0.3 is 5.97 Å². The predicted molar refractivity (Wildman–Crippen MR) is 123 cm³/mol. The van der Waals surface area contributed by atoms with Gasteiger partial charge in [0.05, 0.1) is 28.6 Å². The Kier molecular flexibility index (Phi) is 5.91. The highest BCUT2D eigenvalue weighted by atomic mass is 32.1. The van der Waals surface area contributed by atoms with Gasteiger partial charge in [-0.2, -0.15) is 0 Å². The number of methoxy groups -OCH3 is 1. The first kappa shape index (κ1) is 21.2. The fourth-order valence-electron chi connectivity index (χ4n) is 4.12. The summed E-state index contributed by atoms with van der Waals surface area (Å²) in [5.41, 5.74) is 1.60. The zero-order valence-corrected chi connectivity index (χ0v) is 19.0. The quantitative estimate of drug-likeness (QED) is 0.593. The van der Waals surface area contributed by atoms with Crippen LogP contribution in [0.4, 0.5) is 11.5 Å². The molecule has 0 radical (unpaired) electrons. The molecular formula is C23H26N4O3S. The first-order valence-corrected chi connectivity index (χ1v) is 11.3. The van der Waals surface area contributed by atoms with Crippen LogP contribution in [0.2, 0.25) is 0 Å². The number of nitrogens with one attached hydrogen (secondary N) is 1. The molecule has 1 fully saturated rings. The highest BCUT2D eigenvalue weighted by Gasteiger charge is 2.27. The molecule has 1 amide bonds. The van der Waals surface area contributed by atoms with Crippen LogP contribution in [0.15, 0.2) is 24.3 Å². The summed E-state index contributed by atoms with van der Waals surface area (Å²) in [6.07, 6.45) is 3.49. The number of hydrogen-bond acceptors (Lipinski definition) is 7. The number of aromatic nitrogens is 2. The Morgan fingerprint density at radius 1 is 1.19 bits per heavy atom. The Bertz CT molecular complexity index is 1160. The Morgan fingerprint density at radius 2 is 1.97 bits per heavy atom. The van der Waals surface area contributed by atoms with Crippen LogP contribution in [-0.4, -0.2) is 41.5 Å². The minimum Gasteiger partial charge on any atom is -0.465 e.